The molecule has 0 bridgehead atoms. The summed E-state index contributed by atoms with van der Waals surface area (Å²) >= 11 is 17.6. The Morgan fingerprint density at radius 3 is 1.59 bits per heavy atom. The van der Waals surface area contributed by atoms with Crippen molar-refractivity contribution < 1.29 is 8.85 Å². The van der Waals surface area contributed by atoms with Crippen LogP contribution in [0.3, 0.4) is 0 Å². The summed E-state index contributed by atoms with van der Waals surface area (Å²) in [5.41, 5.74) is 1.66. The lowest BCUT2D eigenvalue weighted by molar-refractivity contribution is 0.217. The van der Waals surface area contributed by atoms with Gasteiger partial charge in [-0.2, -0.15) is 0 Å². The summed E-state index contributed by atoms with van der Waals surface area (Å²) in [6.45, 7) is 18.2. The Labute approximate surface area is 152 Å². The molecular formula is C15H31Cl3O2Si2. The average Bonchev–Trinajstić information content (AvgIpc) is 2.33. The molecule has 0 rings (SSSR count). The smallest absolute Gasteiger partial charge is 0.512 e. The molecule has 0 unspecified atom stereocenters. The molecule has 0 aromatic heterocycles. The second-order valence-corrected chi connectivity index (χ2v) is 19.9. The van der Waals surface area contributed by atoms with E-state index in [1.807, 2.05) is 13.0 Å². The number of halogens is 3. The van der Waals surface area contributed by atoms with Gasteiger partial charge in [0.25, 0.3) is 0 Å². The van der Waals surface area contributed by atoms with Crippen LogP contribution in [0.4, 0.5) is 0 Å². The second kappa shape index (κ2) is 9.33. The second-order valence-electron chi connectivity index (χ2n) is 6.77. The lowest BCUT2D eigenvalue weighted by Crippen LogP contribution is -2.48. The summed E-state index contributed by atoms with van der Waals surface area (Å²) in [7, 11) is -1.88. The molecule has 22 heavy (non-hydrogen) atoms. The van der Waals surface area contributed by atoms with E-state index < -0.39 is 14.6 Å². The zero-order valence-corrected chi connectivity index (χ0v) is 19.3. The van der Waals surface area contributed by atoms with Crippen molar-refractivity contribution >= 4 is 47.8 Å². The third-order valence-corrected chi connectivity index (χ3v) is 11.5. The van der Waals surface area contributed by atoms with Crippen LogP contribution in [0.1, 0.15) is 55.4 Å². The monoisotopic (exact) mass is 404 g/mol. The fourth-order valence-electron chi connectivity index (χ4n) is 3.43. The Kier molecular flexibility index (Phi) is 9.67. The van der Waals surface area contributed by atoms with Gasteiger partial charge in [0.1, 0.15) is 0 Å². The van der Waals surface area contributed by atoms with E-state index >= 15 is 0 Å². The molecule has 7 heteroatoms. The van der Waals surface area contributed by atoms with Gasteiger partial charge in [0, 0.05) is 12.5 Å². The highest BCUT2D eigenvalue weighted by Crippen LogP contribution is 2.42. The van der Waals surface area contributed by atoms with E-state index in [-0.39, 0.29) is 5.92 Å². The minimum atomic E-state index is -3.14. The van der Waals surface area contributed by atoms with Crippen LogP contribution < -0.4 is 0 Å². The summed E-state index contributed by atoms with van der Waals surface area (Å²) in [4.78, 5) is 0. The van der Waals surface area contributed by atoms with Gasteiger partial charge in [-0.25, -0.2) is 0 Å². The van der Waals surface area contributed by atoms with E-state index in [0.717, 1.165) is 0 Å². The van der Waals surface area contributed by atoms with Crippen LogP contribution in [0.25, 0.3) is 0 Å². The quantitative estimate of drug-likeness (QED) is 0.236. The molecule has 0 aliphatic heterocycles. The molecule has 0 aliphatic carbocycles. The highest BCUT2D eigenvalue weighted by atomic mass is 35.8. The maximum atomic E-state index is 6.58. The molecule has 0 amide bonds. The van der Waals surface area contributed by atoms with Crippen molar-refractivity contribution in [1.29, 1.82) is 0 Å². The predicted molar refractivity (Wildman–Crippen MR) is 104 cm³/mol. The van der Waals surface area contributed by atoms with E-state index in [4.69, 9.17) is 42.1 Å². The molecular weight excluding hydrogens is 375 g/mol. The first kappa shape index (κ1) is 22.8. The third-order valence-electron chi connectivity index (χ3n) is 4.29. The first-order valence-electron chi connectivity index (χ1n) is 7.94. The van der Waals surface area contributed by atoms with E-state index in [1.54, 1.807) is 0 Å². The third kappa shape index (κ3) is 6.36. The van der Waals surface area contributed by atoms with Crippen molar-refractivity contribution in [3.63, 3.8) is 0 Å². The lowest BCUT2D eigenvalue weighted by atomic mass is 10.1. The molecule has 0 heterocycles. The topological polar surface area (TPSA) is 18.5 Å². The van der Waals surface area contributed by atoms with Crippen LogP contribution >= 0.6 is 33.2 Å². The van der Waals surface area contributed by atoms with Gasteiger partial charge in [0.05, 0.1) is 5.76 Å². The van der Waals surface area contributed by atoms with Crippen LogP contribution in [0.15, 0.2) is 11.8 Å². The number of hydrogen-bond acceptors (Lipinski definition) is 2. The minimum absolute atomic E-state index is 0.0799. The molecule has 0 saturated carbocycles. The van der Waals surface area contributed by atoms with Crippen molar-refractivity contribution in [2.24, 2.45) is 5.92 Å². The Balaban J connectivity index is 5.07. The average molecular weight is 406 g/mol. The Morgan fingerprint density at radius 1 is 0.909 bits per heavy atom. The number of allylic oxidation sites excluding steroid dienone is 1. The molecule has 0 aromatic carbocycles. The minimum Gasteiger partial charge on any atom is -0.512 e. The summed E-state index contributed by atoms with van der Waals surface area (Å²) in [5.74, 6) is 0.794. The first-order valence-corrected chi connectivity index (χ1v) is 15.0. The van der Waals surface area contributed by atoms with Crippen molar-refractivity contribution in [3.05, 3.63) is 11.8 Å². The fourth-order valence-corrected chi connectivity index (χ4v) is 10.4. The van der Waals surface area contributed by atoms with Gasteiger partial charge < -0.3 is 8.85 Å². The van der Waals surface area contributed by atoms with Gasteiger partial charge >= 0.3 is 6.25 Å². The largest absolute Gasteiger partial charge is 0.555 e. The zero-order valence-electron chi connectivity index (χ0n) is 15.0. The summed E-state index contributed by atoms with van der Waals surface area (Å²) in [5, 5.41) is 0. The Hall–Kier alpha value is 0.804. The highest BCUT2D eigenvalue weighted by molar-refractivity contribution is 7.62. The van der Waals surface area contributed by atoms with Crippen LogP contribution in [0.5, 0.6) is 0 Å². The van der Waals surface area contributed by atoms with E-state index in [0.29, 0.717) is 29.0 Å². The van der Waals surface area contributed by atoms with Crippen LogP contribution in [0, 0.1) is 5.92 Å². The normalized spacial score (nSPS) is 15.8. The summed E-state index contributed by atoms with van der Waals surface area (Å²) in [6, 6.07) is 0. The Morgan fingerprint density at radius 2 is 1.32 bits per heavy atom. The lowest BCUT2D eigenvalue weighted by Gasteiger charge is -2.43. The van der Waals surface area contributed by atoms with Gasteiger partial charge in [-0.3, -0.25) is 0 Å². The first-order chi connectivity index (χ1) is 9.88. The number of hydrogen-bond donors (Lipinski definition) is 0. The van der Waals surface area contributed by atoms with Gasteiger partial charge in [0.15, 0.2) is 8.32 Å². The van der Waals surface area contributed by atoms with Crippen molar-refractivity contribution in [2.45, 2.75) is 72.0 Å². The number of rotatable bonds is 9. The SMILES string of the molecule is C/C=C(\O[Si](Cl)(Cl)Cl)[C@@H](C)CO[Si](C(C)C)(C(C)C)C(C)C. The highest BCUT2D eigenvalue weighted by Gasteiger charge is 2.45. The van der Waals surface area contributed by atoms with Gasteiger partial charge in [-0.05, 0) is 23.5 Å². The van der Waals surface area contributed by atoms with Gasteiger partial charge in [0.2, 0.25) is 0 Å². The maximum absolute atomic E-state index is 6.58. The molecule has 132 valence electrons. The Bertz CT molecular complexity index is 345. The van der Waals surface area contributed by atoms with Crippen LogP contribution in [-0.4, -0.2) is 21.2 Å². The molecule has 0 aliphatic rings. The molecule has 0 fully saturated rings. The molecule has 0 radical (unpaired) electrons. The molecule has 0 saturated heterocycles. The van der Waals surface area contributed by atoms with E-state index in [9.17, 15) is 0 Å². The van der Waals surface area contributed by atoms with Gasteiger partial charge in [-0.15, -0.1) is 0 Å². The van der Waals surface area contributed by atoms with Crippen molar-refractivity contribution in [1.82, 2.24) is 0 Å². The van der Waals surface area contributed by atoms with Crippen LogP contribution in [0.2, 0.25) is 16.6 Å². The van der Waals surface area contributed by atoms with Crippen molar-refractivity contribution in [3.8, 4) is 0 Å². The summed E-state index contributed by atoms with van der Waals surface area (Å²) < 4.78 is 12.1. The van der Waals surface area contributed by atoms with E-state index in [1.165, 1.54) is 0 Å². The standard InChI is InChI=1S/C15H31Cl3O2Si2/c1-9-15(20-22(16,17)18)14(8)10-19-21(11(2)3,12(4)5)13(6)7/h9,11-14H,10H2,1-8H3/b15-9-/t14-/m0/s1. The summed E-state index contributed by atoms with van der Waals surface area (Å²) in [6.07, 6.45) is -1.27. The molecule has 0 aromatic rings. The molecule has 1 atom stereocenters. The fraction of sp³-hybridized carbons (Fsp3) is 0.867. The molecule has 0 spiro atoms. The van der Waals surface area contributed by atoms with Crippen LogP contribution in [-0.2, 0) is 8.85 Å². The maximum Gasteiger partial charge on any atom is 0.555 e. The van der Waals surface area contributed by atoms with E-state index in [2.05, 4.69) is 48.5 Å². The molecule has 0 N–H and O–H groups in total. The zero-order chi connectivity index (χ0) is 17.7. The van der Waals surface area contributed by atoms with Crippen molar-refractivity contribution in [2.75, 3.05) is 6.61 Å². The van der Waals surface area contributed by atoms with Gasteiger partial charge in [-0.1, -0.05) is 87.8 Å². The predicted octanol–water partition coefficient (Wildman–Crippen LogP) is 6.89. The molecule has 2 nitrogen and oxygen atoms in total.